The number of hydrogen-bond acceptors (Lipinski definition) is 5. The van der Waals surface area contributed by atoms with Crippen LogP contribution in [0.4, 0.5) is 0 Å². The monoisotopic (exact) mass is 303 g/mol. The lowest BCUT2D eigenvalue weighted by Gasteiger charge is -2.04. The minimum absolute atomic E-state index is 0.0897. The number of phenolic OH excluding ortho intramolecular Hbond substituents is 1. The SMILES string of the molecule is COC(=O)c1ccc(-c2cc3nccc(Cl)c3o2)c(O)c1. The fourth-order valence-corrected chi connectivity index (χ4v) is 2.22. The molecule has 2 aromatic heterocycles. The van der Waals surface area contributed by atoms with Crippen LogP contribution in [0.3, 0.4) is 0 Å². The number of halogens is 1. The zero-order valence-corrected chi connectivity index (χ0v) is 11.7. The van der Waals surface area contributed by atoms with Gasteiger partial charge in [0.2, 0.25) is 0 Å². The van der Waals surface area contributed by atoms with Gasteiger partial charge in [-0.3, -0.25) is 4.98 Å². The third kappa shape index (κ3) is 2.32. The molecule has 0 aliphatic rings. The number of phenols is 1. The first-order chi connectivity index (χ1) is 10.1. The van der Waals surface area contributed by atoms with Crippen molar-refractivity contribution >= 4 is 28.7 Å². The zero-order valence-electron chi connectivity index (χ0n) is 11.0. The number of methoxy groups -OCH3 is 1. The number of benzene rings is 1. The summed E-state index contributed by atoms with van der Waals surface area (Å²) in [5.74, 6) is -0.196. The molecule has 0 spiro atoms. The lowest BCUT2D eigenvalue weighted by molar-refractivity contribution is 0.0600. The number of hydrogen-bond donors (Lipinski definition) is 1. The highest BCUT2D eigenvalue weighted by atomic mass is 35.5. The number of rotatable bonds is 2. The van der Waals surface area contributed by atoms with Gasteiger partial charge in [-0.1, -0.05) is 11.6 Å². The van der Waals surface area contributed by atoms with E-state index >= 15 is 0 Å². The third-order valence-electron chi connectivity index (χ3n) is 3.05. The van der Waals surface area contributed by atoms with Crippen molar-refractivity contribution in [2.45, 2.75) is 0 Å². The summed E-state index contributed by atoms with van der Waals surface area (Å²) in [5.41, 5.74) is 1.74. The lowest BCUT2D eigenvalue weighted by Crippen LogP contribution is -2.00. The molecule has 3 rings (SSSR count). The van der Waals surface area contributed by atoms with Crippen LogP contribution in [0.15, 0.2) is 40.9 Å². The van der Waals surface area contributed by atoms with Crippen molar-refractivity contribution < 1.29 is 19.1 Å². The van der Waals surface area contributed by atoms with Crippen molar-refractivity contribution in [2.75, 3.05) is 7.11 Å². The minimum atomic E-state index is -0.522. The highest BCUT2D eigenvalue weighted by Crippen LogP contribution is 2.35. The number of aromatic hydroxyl groups is 1. The number of carbonyl (C=O) groups excluding carboxylic acids is 1. The molecular weight excluding hydrogens is 294 g/mol. The quantitative estimate of drug-likeness (QED) is 0.732. The molecule has 0 atom stereocenters. The van der Waals surface area contributed by atoms with Gasteiger partial charge in [0.1, 0.15) is 17.0 Å². The van der Waals surface area contributed by atoms with E-state index < -0.39 is 5.97 Å². The normalized spacial score (nSPS) is 10.8. The van der Waals surface area contributed by atoms with E-state index in [2.05, 4.69) is 9.72 Å². The molecule has 1 aromatic carbocycles. The number of ether oxygens (including phenoxy) is 1. The van der Waals surface area contributed by atoms with Gasteiger partial charge < -0.3 is 14.3 Å². The molecule has 2 heterocycles. The van der Waals surface area contributed by atoms with Gasteiger partial charge in [0.25, 0.3) is 0 Å². The third-order valence-corrected chi connectivity index (χ3v) is 3.35. The first-order valence-corrected chi connectivity index (χ1v) is 6.43. The molecule has 0 unspecified atom stereocenters. The molecule has 0 aliphatic heterocycles. The second kappa shape index (κ2) is 5.10. The van der Waals surface area contributed by atoms with Gasteiger partial charge in [-0.2, -0.15) is 0 Å². The van der Waals surface area contributed by atoms with Crippen LogP contribution in [0.2, 0.25) is 5.02 Å². The van der Waals surface area contributed by atoms with Crippen molar-refractivity contribution in [3.05, 3.63) is 47.1 Å². The van der Waals surface area contributed by atoms with Crippen molar-refractivity contribution in [2.24, 2.45) is 0 Å². The van der Waals surface area contributed by atoms with E-state index in [9.17, 15) is 9.90 Å². The molecule has 5 nitrogen and oxygen atoms in total. The first kappa shape index (κ1) is 13.5. The van der Waals surface area contributed by atoms with E-state index in [1.807, 2.05) is 0 Å². The summed E-state index contributed by atoms with van der Waals surface area (Å²) in [6.07, 6.45) is 1.57. The summed E-state index contributed by atoms with van der Waals surface area (Å²) in [6, 6.07) is 7.74. The summed E-state index contributed by atoms with van der Waals surface area (Å²) < 4.78 is 10.2. The van der Waals surface area contributed by atoms with E-state index in [0.717, 1.165) is 0 Å². The summed E-state index contributed by atoms with van der Waals surface area (Å²) in [7, 11) is 1.28. The highest BCUT2D eigenvalue weighted by molar-refractivity contribution is 6.34. The molecular formula is C15H10ClNO4. The van der Waals surface area contributed by atoms with Gasteiger partial charge in [0, 0.05) is 12.3 Å². The molecule has 0 bridgehead atoms. The molecule has 0 saturated heterocycles. The maximum atomic E-state index is 11.4. The largest absolute Gasteiger partial charge is 0.507 e. The van der Waals surface area contributed by atoms with Crippen LogP contribution in [0.1, 0.15) is 10.4 Å². The van der Waals surface area contributed by atoms with Crippen molar-refractivity contribution in [1.29, 1.82) is 0 Å². The van der Waals surface area contributed by atoms with Gasteiger partial charge >= 0.3 is 5.97 Å². The zero-order chi connectivity index (χ0) is 15.0. The Morgan fingerprint density at radius 1 is 1.33 bits per heavy atom. The van der Waals surface area contributed by atoms with E-state index in [1.54, 1.807) is 30.5 Å². The molecule has 0 saturated carbocycles. The number of nitrogens with zero attached hydrogens (tertiary/aromatic N) is 1. The van der Waals surface area contributed by atoms with Gasteiger partial charge in [-0.15, -0.1) is 0 Å². The Morgan fingerprint density at radius 2 is 2.14 bits per heavy atom. The Hall–Kier alpha value is -2.53. The smallest absolute Gasteiger partial charge is 0.337 e. The van der Waals surface area contributed by atoms with E-state index in [-0.39, 0.29) is 11.3 Å². The van der Waals surface area contributed by atoms with E-state index in [1.165, 1.54) is 13.2 Å². The predicted octanol–water partition coefficient (Wildman–Crippen LogP) is 3.64. The second-order valence-electron chi connectivity index (χ2n) is 4.34. The van der Waals surface area contributed by atoms with Crippen LogP contribution in [0.5, 0.6) is 5.75 Å². The highest BCUT2D eigenvalue weighted by Gasteiger charge is 2.15. The van der Waals surface area contributed by atoms with E-state index in [0.29, 0.717) is 27.4 Å². The van der Waals surface area contributed by atoms with Gasteiger partial charge in [-0.05, 0) is 24.3 Å². The number of esters is 1. The molecule has 106 valence electrons. The fraction of sp³-hybridized carbons (Fsp3) is 0.0667. The first-order valence-electron chi connectivity index (χ1n) is 6.06. The van der Waals surface area contributed by atoms with Crippen LogP contribution in [-0.4, -0.2) is 23.2 Å². The van der Waals surface area contributed by atoms with E-state index in [4.69, 9.17) is 16.0 Å². The maximum Gasteiger partial charge on any atom is 0.337 e. The molecule has 0 radical (unpaired) electrons. The average molecular weight is 304 g/mol. The van der Waals surface area contributed by atoms with Crippen molar-refractivity contribution in [3.63, 3.8) is 0 Å². The molecule has 21 heavy (non-hydrogen) atoms. The second-order valence-corrected chi connectivity index (χ2v) is 4.75. The molecule has 6 heteroatoms. The van der Waals surface area contributed by atoms with Crippen molar-refractivity contribution in [1.82, 2.24) is 4.98 Å². The van der Waals surface area contributed by atoms with Gasteiger partial charge in [0.05, 0.1) is 23.3 Å². The Labute approximate surface area is 124 Å². The van der Waals surface area contributed by atoms with Crippen molar-refractivity contribution in [3.8, 4) is 17.1 Å². The number of aromatic nitrogens is 1. The minimum Gasteiger partial charge on any atom is -0.507 e. The lowest BCUT2D eigenvalue weighted by atomic mass is 10.1. The fourth-order valence-electron chi connectivity index (χ4n) is 2.02. The van der Waals surface area contributed by atoms with Crippen LogP contribution in [-0.2, 0) is 4.74 Å². The molecule has 3 aromatic rings. The Balaban J connectivity index is 2.10. The standard InChI is InChI=1S/C15H10ClNO4/c1-20-15(19)8-2-3-9(12(18)6-8)13-7-11-14(21-13)10(16)4-5-17-11/h2-7,18H,1H3. The van der Waals surface area contributed by atoms with Crippen LogP contribution in [0, 0.1) is 0 Å². The number of pyridine rings is 1. The molecule has 0 amide bonds. The molecule has 1 N–H and O–H groups in total. The Bertz CT molecular complexity index is 841. The number of furan rings is 1. The predicted molar refractivity (Wildman–Crippen MR) is 77.5 cm³/mol. The van der Waals surface area contributed by atoms with Gasteiger partial charge in [-0.25, -0.2) is 4.79 Å². The maximum absolute atomic E-state index is 11.4. The van der Waals surface area contributed by atoms with Crippen LogP contribution < -0.4 is 0 Å². The molecule has 0 aliphatic carbocycles. The summed E-state index contributed by atoms with van der Waals surface area (Å²) in [5, 5.41) is 10.5. The van der Waals surface area contributed by atoms with Crippen LogP contribution in [0.25, 0.3) is 22.4 Å². The Kier molecular flexibility index (Phi) is 3.27. The summed E-state index contributed by atoms with van der Waals surface area (Å²) in [4.78, 5) is 15.6. The average Bonchev–Trinajstić information content (AvgIpc) is 2.91. The summed E-state index contributed by atoms with van der Waals surface area (Å²) in [6.45, 7) is 0. The Morgan fingerprint density at radius 3 is 2.81 bits per heavy atom. The van der Waals surface area contributed by atoms with Gasteiger partial charge in [0.15, 0.2) is 5.58 Å². The topological polar surface area (TPSA) is 72.6 Å². The number of fused-ring (bicyclic) bond motifs is 1. The molecule has 0 fully saturated rings. The van der Waals surface area contributed by atoms with Crippen LogP contribution >= 0.6 is 11.6 Å². The summed E-state index contributed by atoms with van der Waals surface area (Å²) >= 11 is 6.03. The number of carbonyl (C=O) groups is 1.